The number of nitrogens with one attached hydrogen (secondary N) is 3. The fraction of sp³-hybridized carbons (Fsp3) is 0.308. The summed E-state index contributed by atoms with van der Waals surface area (Å²) in [6.45, 7) is 5.67. The molecule has 0 bridgehead atoms. The highest BCUT2D eigenvalue weighted by Gasteiger charge is 2.48. The summed E-state index contributed by atoms with van der Waals surface area (Å²) >= 11 is 0. The van der Waals surface area contributed by atoms with E-state index in [0.29, 0.717) is 29.3 Å². The molecule has 1 saturated heterocycles. The molecular formula is C26H27N5O4. The van der Waals surface area contributed by atoms with Crippen molar-refractivity contribution in [2.75, 3.05) is 26.7 Å². The molecule has 0 aromatic heterocycles. The lowest BCUT2D eigenvalue weighted by Crippen LogP contribution is -2.54. The number of amides is 4. The number of imide groups is 1. The molecule has 9 nitrogen and oxygen atoms in total. The minimum Gasteiger partial charge on any atom is -0.497 e. The van der Waals surface area contributed by atoms with Crippen molar-refractivity contribution in [1.82, 2.24) is 20.4 Å². The number of urea groups is 1. The second-order valence-corrected chi connectivity index (χ2v) is 8.35. The van der Waals surface area contributed by atoms with Crippen molar-refractivity contribution in [3.05, 3.63) is 64.7 Å². The first-order valence-corrected chi connectivity index (χ1v) is 11.4. The summed E-state index contributed by atoms with van der Waals surface area (Å²) in [5, 5.41) is 13.2. The molecule has 2 aromatic rings. The Morgan fingerprint density at radius 1 is 1.14 bits per heavy atom. The van der Waals surface area contributed by atoms with E-state index in [2.05, 4.69) is 22.5 Å². The molecule has 2 aliphatic rings. The third-order valence-electron chi connectivity index (χ3n) is 6.22. The average molecular weight is 474 g/mol. The number of hydrogen-bond donors (Lipinski definition) is 3. The number of amidine groups is 1. The summed E-state index contributed by atoms with van der Waals surface area (Å²) in [4.78, 5) is 41.3. The van der Waals surface area contributed by atoms with Crippen molar-refractivity contribution in [3.63, 3.8) is 0 Å². The Bertz CT molecular complexity index is 1260. The molecule has 3 N–H and O–H groups in total. The minimum atomic E-state index is -1.58. The second kappa shape index (κ2) is 9.50. The van der Waals surface area contributed by atoms with Crippen LogP contribution in [0.4, 0.5) is 4.79 Å². The lowest BCUT2D eigenvalue weighted by Gasteiger charge is -2.26. The number of carbonyl (C=O) groups is 3. The number of fused-ring (bicyclic) bond motifs is 1. The predicted octanol–water partition coefficient (Wildman–Crippen LogP) is 1.95. The van der Waals surface area contributed by atoms with Crippen LogP contribution in [0.5, 0.6) is 5.75 Å². The van der Waals surface area contributed by atoms with Crippen molar-refractivity contribution in [1.29, 1.82) is 5.41 Å². The molecule has 2 aromatic carbocycles. The van der Waals surface area contributed by atoms with Crippen LogP contribution in [0.15, 0.2) is 42.5 Å². The first kappa shape index (κ1) is 23.8. The van der Waals surface area contributed by atoms with E-state index in [1.807, 2.05) is 24.8 Å². The molecular weight excluding hydrogens is 446 g/mol. The monoisotopic (exact) mass is 473 g/mol. The highest BCUT2D eigenvalue weighted by molar-refractivity contribution is 6.10. The molecule has 2 aliphatic heterocycles. The molecule has 35 heavy (non-hydrogen) atoms. The van der Waals surface area contributed by atoms with Gasteiger partial charge >= 0.3 is 6.03 Å². The van der Waals surface area contributed by atoms with Gasteiger partial charge in [-0.25, -0.2) is 4.79 Å². The van der Waals surface area contributed by atoms with Gasteiger partial charge in [0.15, 0.2) is 0 Å². The molecule has 0 spiro atoms. The number of ether oxygens (including phenoxy) is 1. The molecule has 180 valence electrons. The van der Waals surface area contributed by atoms with Crippen molar-refractivity contribution in [2.24, 2.45) is 0 Å². The van der Waals surface area contributed by atoms with Crippen LogP contribution < -0.4 is 15.4 Å². The zero-order chi connectivity index (χ0) is 25.2. The maximum atomic E-state index is 13.0. The van der Waals surface area contributed by atoms with E-state index in [4.69, 9.17) is 10.1 Å². The Kier molecular flexibility index (Phi) is 6.47. The van der Waals surface area contributed by atoms with Crippen LogP contribution in [0.3, 0.4) is 0 Å². The van der Waals surface area contributed by atoms with E-state index in [9.17, 15) is 14.4 Å². The van der Waals surface area contributed by atoms with Crippen LogP contribution in [-0.4, -0.2) is 65.8 Å². The highest BCUT2D eigenvalue weighted by atomic mass is 16.5. The van der Waals surface area contributed by atoms with Gasteiger partial charge in [0.2, 0.25) is 5.54 Å². The van der Waals surface area contributed by atoms with Crippen LogP contribution in [0.25, 0.3) is 0 Å². The molecule has 1 fully saturated rings. The maximum absolute atomic E-state index is 13.0. The van der Waals surface area contributed by atoms with Crippen molar-refractivity contribution < 1.29 is 19.1 Å². The summed E-state index contributed by atoms with van der Waals surface area (Å²) < 4.78 is 5.21. The summed E-state index contributed by atoms with van der Waals surface area (Å²) in [6, 6.07) is 11.8. The molecule has 0 aliphatic carbocycles. The molecule has 4 amide bonds. The Hall–Kier alpha value is -4.32. The Morgan fingerprint density at radius 2 is 1.86 bits per heavy atom. The third kappa shape index (κ3) is 4.55. The highest BCUT2D eigenvalue weighted by Crippen LogP contribution is 2.28. The van der Waals surface area contributed by atoms with E-state index in [0.717, 1.165) is 24.2 Å². The van der Waals surface area contributed by atoms with Gasteiger partial charge in [-0.3, -0.25) is 20.3 Å². The van der Waals surface area contributed by atoms with E-state index >= 15 is 0 Å². The Balaban J connectivity index is 1.58. The standard InChI is InChI=1S/C26H27N5O4/c1-4-30(5-2)22(27)18-8-6-17(7-9-18)12-13-26(24(33)28-25(34)29-26)16-31-15-19-10-11-20(35-3)14-21(19)23(31)32/h6-11,14,27H,4-5,15-16H2,1-3H3,(H2,28,29,33,34)/t26-/m1/s1. The first-order valence-electron chi connectivity index (χ1n) is 11.4. The van der Waals surface area contributed by atoms with Crippen molar-refractivity contribution in [2.45, 2.75) is 25.9 Å². The Labute approximate surface area is 203 Å². The van der Waals surface area contributed by atoms with Crippen LogP contribution >= 0.6 is 0 Å². The largest absolute Gasteiger partial charge is 0.497 e. The molecule has 1 atom stereocenters. The normalized spacial score (nSPS) is 18.4. The molecule has 4 rings (SSSR count). The van der Waals surface area contributed by atoms with Gasteiger partial charge in [0, 0.05) is 36.3 Å². The van der Waals surface area contributed by atoms with E-state index in [1.165, 1.54) is 12.0 Å². The SMILES string of the molecule is CCN(CC)C(=N)c1ccc(C#C[C@]2(CN3Cc4ccc(OC)cc4C3=O)NC(=O)NC2=O)cc1. The fourth-order valence-corrected chi connectivity index (χ4v) is 4.22. The van der Waals surface area contributed by atoms with E-state index < -0.39 is 17.5 Å². The van der Waals surface area contributed by atoms with Gasteiger partial charge in [0.25, 0.3) is 11.8 Å². The zero-order valence-corrected chi connectivity index (χ0v) is 19.9. The molecule has 2 heterocycles. The summed E-state index contributed by atoms with van der Waals surface area (Å²) in [5.41, 5.74) is 1.12. The summed E-state index contributed by atoms with van der Waals surface area (Å²) in [6.07, 6.45) is 0. The van der Waals surface area contributed by atoms with Gasteiger partial charge < -0.3 is 19.9 Å². The molecule has 0 radical (unpaired) electrons. The number of hydrogen-bond acceptors (Lipinski definition) is 5. The molecule has 0 saturated carbocycles. The average Bonchev–Trinajstić information content (AvgIpc) is 3.32. The van der Waals surface area contributed by atoms with Gasteiger partial charge in [-0.05, 0) is 43.7 Å². The van der Waals surface area contributed by atoms with E-state index in [1.54, 1.807) is 36.4 Å². The van der Waals surface area contributed by atoms with Gasteiger partial charge in [0.1, 0.15) is 11.6 Å². The second-order valence-electron chi connectivity index (χ2n) is 8.35. The van der Waals surface area contributed by atoms with Gasteiger partial charge in [0.05, 0.1) is 13.7 Å². The number of carbonyl (C=O) groups excluding carboxylic acids is 3. The maximum Gasteiger partial charge on any atom is 0.323 e. The van der Waals surface area contributed by atoms with Gasteiger partial charge in [-0.2, -0.15) is 0 Å². The Morgan fingerprint density at radius 3 is 2.46 bits per heavy atom. The smallest absolute Gasteiger partial charge is 0.323 e. The number of benzene rings is 2. The predicted molar refractivity (Wildman–Crippen MR) is 130 cm³/mol. The fourth-order valence-electron chi connectivity index (χ4n) is 4.22. The van der Waals surface area contributed by atoms with Crippen LogP contribution in [-0.2, 0) is 11.3 Å². The van der Waals surface area contributed by atoms with Gasteiger partial charge in [-0.1, -0.05) is 30.0 Å². The zero-order valence-electron chi connectivity index (χ0n) is 19.9. The lowest BCUT2D eigenvalue weighted by atomic mass is 9.99. The number of methoxy groups -OCH3 is 1. The minimum absolute atomic E-state index is 0.0991. The van der Waals surface area contributed by atoms with Crippen LogP contribution in [0.1, 0.15) is 40.9 Å². The van der Waals surface area contributed by atoms with E-state index in [-0.39, 0.29) is 12.5 Å². The van der Waals surface area contributed by atoms with Gasteiger partial charge in [-0.15, -0.1) is 0 Å². The molecule has 9 heteroatoms. The number of rotatable bonds is 6. The topological polar surface area (TPSA) is 115 Å². The first-order chi connectivity index (χ1) is 16.8. The van der Waals surface area contributed by atoms with Crippen molar-refractivity contribution >= 4 is 23.7 Å². The van der Waals surface area contributed by atoms with Crippen molar-refractivity contribution in [3.8, 4) is 17.6 Å². The summed E-state index contributed by atoms with van der Waals surface area (Å²) in [7, 11) is 1.53. The third-order valence-corrected chi connectivity index (χ3v) is 6.22. The quantitative estimate of drug-likeness (QED) is 0.257. The molecule has 0 unspecified atom stereocenters. The lowest BCUT2D eigenvalue weighted by molar-refractivity contribution is -0.122. The number of nitrogens with zero attached hydrogens (tertiary/aromatic N) is 2. The van der Waals surface area contributed by atoms with Crippen LogP contribution in [0.2, 0.25) is 0 Å². The summed E-state index contributed by atoms with van der Waals surface area (Å²) in [5.74, 6) is 6.01. The van der Waals surface area contributed by atoms with Crippen LogP contribution in [0, 0.1) is 17.3 Å².